The van der Waals surface area contributed by atoms with E-state index in [-0.39, 0.29) is 0 Å². The molecule has 0 aromatic carbocycles. The number of allylic oxidation sites excluding steroid dienone is 4. The zero-order valence-electron chi connectivity index (χ0n) is 5.74. The molecule has 0 fully saturated rings. The van der Waals surface area contributed by atoms with E-state index in [4.69, 9.17) is 11.6 Å². The minimum atomic E-state index is 0.997. The maximum atomic E-state index is 5.86. The first kappa shape index (κ1) is 8.35. The third kappa shape index (κ3) is 2.89. The second kappa shape index (κ2) is 4.20. The van der Waals surface area contributed by atoms with Crippen LogP contribution >= 0.6 is 27.5 Å². The molecule has 1 aliphatic carbocycles. The lowest BCUT2D eigenvalue weighted by Crippen LogP contribution is -1.81. The fourth-order valence-corrected chi connectivity index (χ4v) is 1.61. The van der Waals surface area contributed by atoms with Crippen molar-refractivity contribution < 1.29 is 0 Å². The second-order valence-corrected chi connectivity index (χ2v) is 3.88. The number of rotatable bonds is 0. The molecule has 0 N–H and O–H groups in total. The van der Waals surface area contributed by atoms with Crippen LogP contribution < -0.4 is 0 Å². The smallest absolute Gasteiger partial charge is 0.0144 e. The van der Waals surface area contributed by atoms with Gasteiger partial charge in [-0.05, 0) is 30.2 Å². The van der Waals surface area contributed by atoms with E-state index in [1.54, 1.807) is 0 Å². The van der Waals surface area contributed by atoms with Crippen LogP contribution in [-0.2, 0) is 0 Å². The summed E-state index contributed by atoms with van der Waals surface area (Å²) < 4.78 is 1.31. The quantitative estimate of drug-likeness (QED) is 0.581. The van der Waals surface area contributed by atoms with Crippen LogP contribution in [0.25, 0.3) is 0 Å². The Morgan fingerprint density at radius 2 is 1.90 bits per heavy atom. The molecule has 0 heterocycles. The van der Waals surface area contributed by atoms with E-state index in [0.29, 0.717) is 0 Å². The molecule has 0 nitrogen and oxygen atoms in total. The molecule has 1 rings (SSSR count). The highest BCUT2D eigenvalue weighted by molar-refractivity contribution is 9.11. The first-order valence-corrected chi connectivity index (χ1v) is 4.65. The molecule has 0 spiro atoms. The highest BCUT2D eigenvalue weighted by atomic mass is 79.9. The summed E-state index contributed by atoms with van der Waals surface area (Å²) >= 11 is 9.34. The van der Waals surface area contributed by atoms with Gasteiger partial charge in [0.05, 0.1) is 0 Å². The molecular weight excluding hydrogens is 211 g/mol. The largest absolute Gasteiger partial charge is 0.0895 e. The van der Waals surface area contributed by atoms with Crippen molar-refractivity contribution in [1.29, 1.82) is 0 Å². The van der Waals surface area contributed by atoms with Gasteiger partial charge in [0.1, 0.15) is 0 Å². The van der Waals surface area contributed by atoms with Crippen LogP contribution in [0.15, 0.2) is 21.7 Å². The maximum Gasteiger partial charge on any atom is 0.0144 e. The maximum absolute atomic E-state index is 5.86. The fraction of sp³-hybridized carbons (Fsp3) is 0.500. The lowest BCUT2D eigenvalue weighted by Gasteiger charge is -2.02. The minimum Gasteiger partial charge on any atom is -0.0895 e. The normalized spacial score (nSPS) is 20.6. The van der Waals surface area contributed by atoms with Gasteiger partial charge in [0.15, 0.2) is 0 Å². The predicted molar refractivity (Wildman–Crippen MR) is 49.4 cm³/mol. The fourth-order valence-electron chi connectivity index (χ4n) is 0.937. The Morgan fingerprint density at radius 1 is 1.20 bits per heavy atom. The molecule has 0 bridgehead atoms. The monoisotopic (exact) mass is 220 g/mol. The predicted octanol–water partition coefficient (Wildman–Crippen LogP) is 3.96. The molecule has 0 saturated carbocycles. The molecule has 0 saturated heterocycles. The van der Waals surface area contributed by atoms with Gasteiger partial charge in [0.2, 0.25) is 0 Å². The van der Waals surface area contributed by atoms with E-state index in [9.17, 15) is 0 Å². The summed E-state index contributed by atoms with van der Waals surface area (Å²) in [7, 11) is 0. The topological polar surface area (TPSA) is 0 Å². The Hall–Kier alpha value is 0.250. The highest BCUT2D eigenvalue weighted by Crippen LogP contribution is 2.22. The lowest BCUT2D eigenvalue weighted by molar-refractivity contribution is 0.942. The van der Waals surface area contributed by atoms with Crippen molar-refractivity contribution in [3.05, 3.63) is 21.7 Å². The van der Waals surface area contributed by atoms with Crippen LogP contribution in [0, 0.1) is 0 Å². The molecule has 0 radical (unpaired) electrons. The first-order valence-electron chi connectivity index (χ1n) is 3.48. The average molecular weight is 222 g/mol. The molecule has 0 atom stereocenters. The summed E-state index contributed by atoms with van der Waals surface area (Å²) in [6.45, 7) is 0. The minimum absolute atomic E-state index is 0.997. The summed E-state index contributed by atoms with van der Waals surface area (Å²) in [5.74, 6) is 0. The van der Waals surface area contributed by atoms with Crippen molar-refractivity contribution in [2.24, 2.45) is 0 Å². The zero-order valence-corrected chi connectivity index (χ0v) is 8.08. The van der Waals surface area contributed by atoms with Gasteiger partial charge >= 0.3 is 0 Å². The third-order valence-electron chi connectivity index (χ3n) is 1.50. The van der Waals surface area contributed by atoms with Crippen molar-refractivity contribution >= 4 is 27.5 Å². The molecule has 0 unspecified atom stereocenters. The van der Waals surface area contributed by atoms with Crippen LogP contribution in [0.3, 0.4) is 0 Å². The summed E-state index contributed by atoms with van der Waals surface area (Å²) in [6.07, 6.45) is 8.53. The summed E-state index contributed by atoms with van der Waals surface area (Å²) in [4.78, 5) is 0. The van der Waals surface area contributed by atoms with Crippen LogP contribution in [0.5, 0.6) is 0 Å². The molecule has 0 aromatic heterocycles. The standard InChI is InChI=1S/C8H10BrCl/c9-7-3-1-5-8(10)6-2-4-7/h3,6H,1-2,4-5H2. The van der Waals surface area contributed by atoms with Crippen molar-refractivity contribution in [3.63, 3.8) is 0 Å². The van der Waals surface area contributed by atoms with Gasteiger partial charge in [0.25, 0.3) is 0 Å². The SMILES string of the molecule is ClC1=CCCC(Br)=CCC1. The van der Waals surface area contributed by atoms with Crippen molar-refractivity contribution in [1.82, 2.24) is 0 Å². The summed E-state index contributed by atoms with van der Waals surface area (Å²) in [5.41, 5.74) is 0. The first-order chi connectivity index (χ1) is 4.79. The Morgan fingerprint density at radius 3 is 2.70 bits per heavy atom. The Kier molecular flexibility index (Phi) is 3.50. The van der Waals surface area contributed by atoms with E-state index in [1.807, 2.05) is 0 Å². The van der Waals surface area contributed by atoms with E-state index in [2.05, 4.69) is 28.1 Å². The van der Waals surface area contributed by atoms with Gasteiger partial charge in [-0.15, -0.1) is 0 Å². The van der Waals surface area contributed by atoms with Crippen LogP contribution in [-0.4, -0.2) is 0 Å². The highest BCUT2D eigenvalue weighted by Gasteiger charge is 1.97. The van der Waals surface area contributed by atoms with Gasteiger partial charge in [-0.2, -0.15) is 0 Å². The molecule has 0 aromatic rings. The Bertz CT molecular complexity index is 150. The van der Waals surface area contributed by atoms with Gasteiger partial charge < -0.3 is 0 Å². The third-order valence-corrected chi connectivity index (χ3v) is 2.56. The van der Waals surface area contributed by atoms with Gasteiger partial charge in [-0.1, -0.05) is 39.7 Å². The van der Waals surface area contributed by atoms with E-state index in [1.165, 1.54) is 4.48 Å². The number of halogens is 2. The lowest BCUT2D eigenvalue weighted by atomic mass is 10.1. The number of hydrogen-bond donors (Lipinski definition) is 0. The van der Waals surface area contributed by atoms with Crippen molar-refractivity contribution in [2.75, 3.05) is 0 Å². The van der Waals surface area contributed by atoms with E-state index < -0.39 is 0 Å². The molecule has 1 aliphatic rings. The molecule has 0 aliphatic heterocycles. The molecule has 2 heteroatoms. The molecule has 10 heavy (non-hydrogen) atoms. The van der Waals surface area contributed by atoms with Gasteiger partial charge in [-0.25, -0.2) is 0 Å². The molecule has 0 amide bonds. The average Bonchev–Trinajstić information content (AvgIpc) is 1.84. The van der Waals surface area contributed by atoms with Crippen molar-refractivity contribution in [2.45, 2.75) is 25.7 Å². The summed E-state index contributed by atoms with van der Waals surface area (Å²) in [6, 6.07) is 0. The second-order valence-electron chi connectivity index (χ2n) is 2.38. The van der Waals surface area contributed by atoms with Crippen LogP contribution in [0.4, 0.5) is 0 Å². The Labute approximate surface area is 75.1 Å². The summed E-state index contributed by atoms with van der Waals surface area (Å²) in [5, 5.41) is 1.01. The van der Waals surface area contributed by atoms with Crippen LogP contribution in [0.1, 0.15) is 25.7 Å². The van der Waals surface area contributed by atoms with E-state index >= 15 is 0 Å². The van der Waals surface area contributed by atoms with E-state index in [0.717, 1.165) is 30.7 Å². The van der Waals surface area contributed by atoms with Crippen molar-refractivity contribution in [3.8, 4) is 0 Å². The van der Waals surface area contributed by atoms with Gasteiger partial charge in [0, 0.05) is 5.03 Å². The number of hydrogen-bond acceptors (Lipinski definition) is 0. The molecular formula is C8H10BrCl. The molecule has 56 valence electrons. The van der Waals surface area contributed by atoms with Gasteiger partial charge in [-0.3, -0.25) is 0 Å². The zero-order chi connectivity index (χ0) is 7.40. The van der Waals surface area contributed by atoms with Crippen LogP contribution in [0.2, 0.25) is 0 Å². The Balaban J connectivity index is 2.48.